The van der Waals surface area contributed by atoms with E-state index >= 15 is 0 Å². The Morgan fingerprint density at radius 3 is 2.57 bits per heavy atom. The van der Waals surface area contributed by atoms with Crippen molar-refractivity contribution in [1.29, 1.82) is 0 Å². The quantitative estimate of drug-likeness (QED) is 0.635. The second-order valence-electron chi connectivity index (χ2n) is 6.35. The molecular weight excluding hydrogens is 286 g/mol. The zero-order valence-electron chi connectivity index (χ0n) is 13.1. The molecule has 1 aromatic carbocycles. The van der Waals surface area contributed by atoms with E-state index in [-0.39, 0.29) is 17.6 Å². The van der Waals surface area contributed by atoms with Gasteiger partial charge in [0.05, 0.1) is 7.11 Å². The number of carbonyl (C=O) groups is 1. The average molecular weight is 305 g/mol. The molecule has 0 aliphatic heterocycles. The number of allylic oxidation sites excluding steroid dienone is 2. The van der Waals surface area contributed by atoms with Crippen molar-refractivity contribution in [1.82, 2.24) is 4.98 Å². The molecule has 4 atom stereocenters. The van der Waals surface area contributed by atoms with Gasteiger partial charge in [-0.2, -0.15) is 0 Å². The zero-order chi connectivity index (χ0) is 15.8. The molecule has 3 nitrogen and oxygen atoms in total. The monoisotopic (exact) mass is 305 g/mol. The van der Waals surface area contributed by atoms with E-state index in [0.29, 0.717) is 17.5 Å². The van der Waals surface area contributed by atoms with Crippen LogP contribution in [0.15, 0.2) is 60.8 Å². The molecule has 1 heterocycles. The van der Waals surface area contributed by atoms with Crippen LogP contribution in [0, 0.1) is 17.8 Å². The van der Waals surface area contributed by atoms with Crippen molar-refractivity contribution in [3.8, 4) is 5.75 Å². The van der Waals surface area contributed by atoms with Crippen molar-refractivity contribution in [2.45, 2.75) is 12.3 Å². The van der Waals surface area contributed by atoms with Crippen LogP contribution >= 0.6 is 0 Å². The maximum Gasteiger partial charge on any atom is 0.185 e. The van der Waals surface area contributed by atoms with Crippen LogP contribution in [0.2, 0.25) is 0 Å². The van der Waals surface area contributed by atoms with E-state index in [4.69, 9.17) is 4.74 Å². The van der Waals surface area contributed by atoms with Gasteiger partial charge in [-0.15, -0.1) is 0 Å². The highest BCUT2D eigenvalue weighted by Gasteiger charge is 2.48. The normalized spacial score (nSPS) is 28.0. The van der Waals surface area contributed by atoms with Crippen LogP contribution in [-0.2, 0) is 0 Å². The van der Waals surface area contributed by atoms with Gasteiger partial charge in [-0.1, -0.05) is 30.4 Å². The fraction of sp³-hybridized carbons (Fsp3) is 0.300. The number of pyridine rings is 1. The number of fused-ring (bicyclic) bond motifs is 2. The standard InChI is InChI=1S/C20H19NO2/c1-23-16-9-7-13(8-10-16)18-14-5-6-15(12-14)19(18)20(22)17-4-2-3-11-21-17/h2-11,14-15,18-19H,12H2,1H3/t14-,15+,18-,19-/m0/s1. The van der Waals surface area contributed by atoms with Gasteiger partial charge in [0, 0.05) is 18.0 Å². The number of hydrogen-bond acceptors (Lipinski definition) is 3. The predicted molar refractivity (Wildman–Crippen MR) is 88.5 cm³/mol. The number of Topliss-reactive ketones (excluding diaryl/α,β-unsaturated/α-hetero) is 1. The molecular formula is C20H19NO2. The molecule has 2 aliphatic rings. The third-order valence-corrected chi connectivity index (χ3v) is 5.18. The van der Waals surface area contributed by atoms with E-state index in [1.54, 1.807) is 13.3 Å². The third-order valence-electron chi connectivity index (χ3n) is 5.18. The Labute approximate surface area is 136 Å². The smallest absolute Gasteiger partial charge is 0.185 e. The summed E-state index contributed by atoms with van der Waals surface area (Å²) in [6.07, 6.45) is 7.26. The molecule has 4 rings (SSSR count). The molecule has 3 heteroatoms. The van der Waals surface area contributed by atoms with Crippen molar-refractivity contribution in [3.05, 3.63) is 72.1 Å². The molecule has 0 spiro atoms. The molecule has 0 N–H and O–H groups in total. The van der Waals surface area contributed by atoms with Gasteiger partial charge in [0.25, 0.3) is 0 Å². The molecule has 116 valence electrons. The number of carbonyl (C=O) groups excluding carboxylic acids is 1. The Morgan fingerprint density at radius 1 is 1.09 bits per heavy atom. The summed E-state index contributed by atoms with van der Waals surface area (Å²) in [5.74, 6) is 2.04. The number of rotatable bonds is 4. The SMILES string of the molecule is COc1ccc([C@@H]2[C@@H](C(=O)c3ccccn3)[C@@H]3C=C[C@H]2C3)cc1. The van der Waals surface area contributed by atoms with E-state index in [1.165, 1.54) is 5.56 Å². The van der Waals surface area contributed by atoms with Gasteiger partial charge >= 0.3 is 0 Å². The third kappa shape index (κ3) is 2.37. The first kappa shape index (κ1) is 14.2. The minimum atomic E-state index is -0.00621. The van der Waals surface area contributed by atoms with E-state index in [9.17, 15) is 4.79 Å². The minimum Gasteiger partial charge on any atom is -0.497 e. The Hall–Kier alpha value is -2.42. The van der Waals surface area contributed by atoms with Gasteiger partial charge in [0.1, 0.15) is 11.4 Å². The molecule has 1 fully saturated rings. The van der Waals surface area contributed by atoms with Crippen molar-refractivity contribution in [2.24, 2.45) is 17.8 Å². The first-order valence-electron chi connectivity index (χ1n) is 8.05. The first-order chi connectivity index (χ1) is 11.3. The first-order valence-corrected chi connectivity index (χ1v) is 8.05. The molecule has 1 aromatic heterocycles. The molecule has 23 heavy (non-hydrogen) atoms. The number of methoxy groups -OCH3 is 1. The van der Waals surface area contributed by atoms with Gasteiger partial charge in [-0.3, -0.25) is 9.78 Å². The van der Waals surface area contributed by atoms with Gasteiger partial charge in [0.15, 0.2) is 5.78 Å². The maximum atomic E-state index is 13.0. The summed E-state index contributed by atoms with van der Waals surface area (Å²) in [7, 11) is 1.67. The molecule has 0 amide bonds. The predicted octanol–water partition coefficient (Wildman–Crippen LogP) is 3.88. The average Bonchev–Trinajstić information content (AvgIpc) is 3.23. The summed E-state index contributed by atoms with van der Waals surface area (Å²) in [6, 6.07) is 13.7. The lowest BCUT2D eigenvalue weighted by Gasteiger charge is -2.27. The molecule has 2 bridgehead atoms. The highest BCUT2D eigenvalue weighted by Crippen LogP contribution is 2.53. The summed E-state index contributed by atoms with van der Waals surface area (Å²) in [5.41, 5.74) is 1.80. The largest absolute Gasteiger partial charge is 0.497 e. The summed E-state index contributed by atoms with van der Waals surface area (Å²) < 4.78 is 5.25. The lowest BCUT2D eigenvalue weighted by atomic mass is 9.75. The van der Waals surface area contributed by atoms with E-state index in [2.05, 4.69) is 29.3 Å². The van der Waals surface area contributed by atoms with Crippen molar-refractivity contribution in [3.63, 3.8) is 0 Å². The van der Waals surface area contributed by atoms with Gasteiger partial charge < -0.3 is 4.74 Å². The highest BCUT2D eigenvalue weighted by atomic mass is 16.5. The number of ether oxygens (including phenoxy) is 1. The fourth-order valence-electron chi connectivity index (χ4n) is 4.14. The zero-order valence-corrected chi connectivity index (χ0v) is 13.1. The van der Waals surface area contributed by atoms with Crippen LogP contribution in [-0.4, -0.2) is 17.9 Å². The minimum absolute atomic E-state index is 0.00621. The highest BCUT2D eigenvalue weighted by molar-refractivity contribution is 5.97. The number of hydrogen-bond donors (Lipinski definition) is 0. The van der Waals surface area contributed by atoms with Gasteiger partial charge in [-0.25, -0.2) is 0 Å². The van der Waals surface area contributed by atoms with Crippen molar-refractivity contribution >= 4 is 5.78 Å². The second-order valence-corrected chi connectivity index (χ2v) is 6.35. The Balaban J connectivity index is 1.69. The number of aromatic nitrogens is 1. The van der Waals surface area contributed by atoms with E-state index in [1.807, 2.05) is 30.3 Å². The fourth-order valence-corrected chi connectivity index (χ4v) is 4.14. The Bertz CT molecular complexity index is 736. The van der Waals surface area contributed by atoms with E-state index in [0.717, 1.165) is 12.2 Å². The van der Waals surface area contributed by atoms with Crippen LogP contribution in [0.1, 0.15) is 28.4 Å². The summed E-state index contributed by atoms with van der Waals surface area (Å²) >= 11 is 0. The lowest BCUT2D eigenvalue weighted by Crippen LogP contribution is -2.27. The van der Waals surface area contributed by atoms with Crippen LogP contribution in [0.4, 0.5) is 0 Å². The summed E-state index contributed by atoms with van der Waals surface area (Å²) in [6.45, 7) is 0. The maximum absolute atomic E-state index is 13.0. The Morgan fingerprint density at radius 2 is 1.87 bits per heavy atom. The van der Waals surface area contributed by atoms with Gasteiger partial charge in [-0.05, 0) is 48.1 Å². The molecule has 0 saturated heterocycles. The molecule has 1 saturated carbocycles. The number of benzene rings is 1. The topological polar surface area (TPSA) is 39.2 Å². The van der Waals surface area contributed by atoms with Crippen LogP contribution < -0.4 is 4.74 Å². The van der Waals surface area contributed by atoms with Crippen molar-refractivity contribution < 1.29 is 9.53 Å². The number of nitrogens with zero attached hydrogens (tertiary/aromatic N) is 1. The van der Waals surface area contributed by atoms with E-state index < -0.39 is 0 Å². The molecule has 0 radical (unpaired) electrons. The van der Waals surface area contributed by atoms with Crippen LogP contribution in [0.25, 0.3) is 0 Å². The van der Waals surface area contributed by atoms with Crippen LogP contribution in [0.5, 0.6) is 5.75 Å². The number of ketones is 1. The molecule has 2 aliphatic carbocycles. The Kier molecular flexibility index (Phi) is 3.49. The molecule has 2 aromatic rings. The lowest BCUT2D eigenvalue weighted by molar-refractivity contribution is 0.0881. The van der Waals surface area contributed by atoms with Crippen molar-refractivity contribution in [2.75, 3.05) is 7.11 Å². The molecule has 0 unspecified atom stereocenters. The summed E-state index contributed by atoms with van der Waals surface area (Å²) in [5, 5.41) is 0. The summed E-state index contributed by atoms with van der Waals surface area (Å²) in [4.78, 5) is 17.3. The van der Waals surface area contributed by atoms with Crippen LogP contribution in [0.3, 0.4) is 0 Å². The second kappa shape index (κ2) is 5.65. The van der Waals surface area contributed by atoms with Gasteiger partial charge in [0.2, 0.25) is 0 Å².